The van der Waals surface area contributed by atoms with E-state index in [1.54, 1.807) is 0 Å². The number of hydrogen-bond donors (Lipinski definition) is 2. The fourth-order valence-corrected chi connectivity index (χ4v) is 2.88. The molecule has 2 heterocycles. The van der Waals surface area contributed by atoms with Gasteiger partial charge in [0, 0.05) is 31.5 Å². The molecule has 1 aromatic heterocycles. The number of nitrogens with zero attached hydrogens (tertiary/aromatic N) is 2. The van der Waals surface area contributed by atoms with Gasteiger partial charge in [-0.3, -0.25) is 9.88 Å². The average Bonchev–Trinajstić information content (AvgIpc) is 2.45. The van der Waals surface area contributed by atoms with E-state index in [1.165, 1.54) is 31.5 Å². The highest BCUT2D eigenvalue weighted by Gasteiger charge is 2.16. The lowest BCUT2D eigenvalue weighted by Crippen LogP contribution is -2.33. The van der Waals surface area contributed by atoms with Crippen LogP contribution in [0.25, 0.3) is 0 Å². The lowest BCUT2D eigenvalue weighted by Gasteiger charge is -2.30. The molecule has 1 fully saturated rings. The summed E-state index contributed by atoms with van der Waals surface area (Å²) in [7, 11) is 0. The van der Waals surface area contributed by atoms with E-state index in [1.807, 2.05) is 6.20 Å². The Morgan fingerprint density at radius 1 is 1.55 bits per heavy atom. The first-order valence-electron chi connectivity index (χ1n) is 7.71. The maximum Gasteiger partial charge on any atom is 0.0666 e. The van der Waals surface area contributed by atoms with Crippen LogP contribution in [0.5, 0.6) is 0 Å². The van der Waals surface area contributed by atoms with Crippen LogP contribution in [-0.4, -0.2) is 40.7 Å². The number of pyridine rings is 1. The number of piperidine rings is 1. The third-order valence-corrected chi connectivity index (χ3v) is 4.03. The quantitative estimate of drug-likeness (QED) is 0.828. The summed E-state index contributed by atoms with van der Waals surface area (Å²) >= 11 is 0. The van der Waals surface area contributed by atoms with Crippen LogP contribution in [-0.2, 0) is 13.0 Å². The van der Waals surface area contributed by atoms with Crippen LogP contribution in [0, 0.1) is 5.92 Å². The summed E-state index contributed by atoms with van der Waals surface area (Å²) in [5, 5.41) is 9.52. The summed E-state index contributed by atoms with van der Waals surface area (Å²) in [5.74, 6) is 0.810. The predicted octanol–water partition coefficient (Wildman–Crippen LogP) is 1.57. The molecule has 0 radical (unpaired) electrons. The molecule has 1 saturated heterocycles. The largest absolute Gasteiger partial charge is 0.392 e. The zero-order valence-electron chi connectivity index (χ0n) is 12.5. The SMILES string of the molecule is CC1CCCN(Cc2ccnc(CCC(O)CN)c2)C1. The molecule has 1 aromatic rings. The molecule has 0 aromatic carbocycles. The van der Waals surface area contributed by atoms with Gasteiger partial charge in [0.2, 0.25) is 0 Å². The first-order chi connectivity index (χ1) is 9.67. The first-order valence-corrected chi connectivity index (χ1v) is 7.71. The maximum atomic E-state index is 9.52. The maximum absolute atomic E-state index is 9.52. The van der Waals surface area contributed by atoms with Gasteiger partial charge in [0.05, 0.1) is 6.10 Å². The minimum Gasteiger partial charge on any atom is -0.392 e. The molecule has 2 rings (SSSR count). The lowest BCUT2D eigenvalue weighted by atomic mass is 10.00. The zero-order valence-corrected chi connectivity index (χ0v) is 12.5. The molecular weight excluding hydrogens is 250 g/mol. The van der Waals surface area contributed by atoms with Crippen molar-refractivity contribution < 1.29 is 5.11 Å². The third-order valence-electron chi connectivity index (χ3n) is 4.03. The highest BCUT2D eigenvalue weighted by atomic mass is 16.3. The van der Waals surface area contributed by atoms with Crippen LogP contribution < -0.4 is 5.73 Å². The predicted molar refractivity (Wildman–Crippen MR) is 81.3 cm³/mol. The number of aliphatic hydroxyl groups is 1. The van der Waals surface area contributed by atoms with E-state index in [-0.39, 0.29) is 0 Å². The first kappa shape index (κ1) is 15.4. The van der Waals surface area contributed by atoms with Gasteiger partial charge in [-0.25, -0.2) is 0 Å². The summed E-state index contributed by atoms with van der Waals surface area (Å²) in [6.45, 7) is 6.07. The summed E-state index contributed by atoms with van der Waals surface area (Å²) < 4.78 is 0. The third kappa shape index (κ3) is 4.85. The monoisotopic (exact) mass is 277 g/mol. The van der Waals surface area contributed by atoms with Crippen molar-refractivity contribution in [2.75, 3.05) is 19.6 Å². The second-order valence-electron chi connectivity index (χ2n) is 6.07. The average molecular weight is 277 g/mol. The number of aromatic nitrogens is 1. The molecule has 0 spiro atoms. The molecule has 0 aliphatic carbocycles. The summed E-state index contributed by atoms with van der Waals surface area (Å²) in [4.78, 5) is 6.91. The van der Waals surface area contributed by atoms with Crippen LogP contribution in [0.1, 0.15) is 37.4 Å². The standard InChI is InChI=1S/C16H27N3O/c1-13-3-2-8-19(11-13)12-14-6-7-18-15(9-14)4-5-16(20)10-17/h6-7,9,13,16,20H,2-5,8,10-12,17H2,1H3. The van der Waals surface area contributed by atoms with Gasteiger partial charge in [0.15, 0.2) is 0 Å². The Kier molecular flexibility index (Phi) is 5.95. The van der Waals surface area contributed by atoms with E-state index in [4.69, 9.17) is 5.73 Å². The number of nitrogens with two attached hydrogens (primary N) is 1. The van der Waals surface area contributed by atoms with Crippen molar-refractivity contribution in [3.63, 3.8) is 0 Å². The van der Waals surface area contributed by atoms with Crippen molar-refractivity contribution in [2.45, 2.75) is 45.3 Å². The lowest BCUT2D eigenvalue weighted by molar-refractivity contribution is 0.172. The smallest absolute Gasteiger partial charge is 0.0666 e. The fourth-order valence-electron chi connectivity index (χ4n) is 2.88. The summed E-state index contributed by atoms with van der Waals surface area (Å²) in [6.07, 6.45) is 5.61. The Hall–Kier alpha value is -0.970. The topological polar surface area (TPSA) is 62.4 Å². The molecule has 3 N–H and O–H groups in total. The van der Waals surface area contributed by atoms with Crippen molar-refractivity contribution in [3.8, 4) is 0 Å². The molecule has 1 aliphatic heterocycles. The minimum absolute atomic E-state index is 0.325. The van der Waals surface area contributed by atoms with Crippen molar-refractivity contribution in [2.24, 2.45) is 11.7 Å². The van der Waals surface area contributed by atoms with Crippen molar-refractivity contribution in [1.82, 2.24) is 9.88 Å². The number of aryl methyl sites for hydroxylation is 1. The minimum atomic E-state index is -0.414. The van der Waals surface area contributed by atoms with E-state index < -0.39 is 6.10 Å². The highest BCUT2D eigenvalue weighted by Crippen LogP contribution is 2.18. The Morgan fingerprint density at radius 2 is 2.40 bits per heavy atom. The van der Waals surface area contributed by atoms with Crippen molar-refractivity contribution >= 4 is 0 Å². The Labute approximate surface area is 122 Å². The van der Waals surface area contributed by atoms with E-state index >= 15 is 0 Å². The molecule has 2 atom stereocenters. The molecule has 4 nitrogen and oxygen atoms in total. The molecule has 0 saturated carbocycles. The summed E-state index contributed by atoms with van der Waals surface area (Å²) in [6, 6.07) is 4.27. The molecule has 1 aliphatic rings. The van der Waals surface area contributed by atoms with Gasteiger partial charge >= 0.3 is 0 Å². The molecule has 4 heteroatoms. The number of likely N-dealkylation sites (tertiary alicyclic amines) is 1. The number of aliphatic hydroxyl groups excluding tert-OH is 1. The van der Waals surface area contributed by atoms with Gasteiger partial charge in [-0.1, -0.05) is 6.92 Å². The molecule has 2 unspecified atom stereocenters. The molecule has 0 amide bonds. The van der Waals surface area contributed by atoms with Gasteiger partial charge in [-0.15, -0.1) is 0 Å². The van der Waals surface area contributed by atoms with Crippen LogP contribution in [0.3, 0.4) is 0 Å². The Bertz CT molecular complexity index is 410. The fraction of sp³-hybridized carbons (Fsp3) is 0.688. The summed E-state index contributed by atoms with van der Waals surface area (Å²) in [5.41, 5.74) is 7.81. The number of rotatable bonds is 6. The van der Waals surface area contributed by atoms with Gasteiger partial charge in [0.25, 0.3) is 0 Å². The van der Waals surface area contributed by atoms with Gasteiger partial charge in [-0.05, 0) is 55.8 Å². The zero-order chi connectivity index (χ0) is 14.4. The van der Waals surface area contributed by atoms with E-state index in [2.05, 4.69) is 28.9 Å². The van der Waals surface area contributed by atoms with Gasteiger partial charge in [-0.2, -0.15) is 0 Å². The molecule has 0 bridgehead atoms. The molecule has 20 heavy (non-hydrogen) atoms. The van der Waals surface area contributed by atoms with E-state index in [0.717, 1.165) is 24.6 Å². The van der Waals surface area contributed by atoms with Gasteiger partial charge in [0.1, 0.15) is 0 Å². The van der Waals surface area contributed by atoms with Crippen molar-refractivity contribution in [1.29, 1.82) is 0 Å². The molecule has 112 valence electrons. The normalized spacial score (nSPS) is 21.9. The Balaban J connectivity index is 1.88. The second-order valence-corrected chi connectivity index (χ2v) is 6.07. The molecular formula is C16H27N3O. The second kappa shape index (κ2) is 7.72. The van der Waals surface area contributed by atoms with E-state index in [9.17, 15) is 5.11 Å². The Morgan fingerprint density at radius 3 is 3.15 bits per heavy atom. The van der Waals surface area contributed by atoms with E-state index in [0.29, 0.717) is 13.0 Å². The highest BCUT2D eigenvalue weighted by molar-refractivity contribution is 5.16. The van der Waals surface area contributed by atoms with Crippen molar-refractivity contribution in [3.05, 3.63) is 29.6 Å². The van der Waals surface area contributed by atoms with Crippen LogP contribution in [0.2, 0.25) is 0 Å². The number of hydrogen-bond acceptors (Lipinski definition) is 4. The van der Waals surface area contributed by atoms with Crippen LogP contribution in [0.4, 0.5) is 0 Å². The van der Waals surface area contributed by atoms with Gasteiger partial charge < -0.3 is 10.8 Å². The van der Waals surface area contributed by atoms with Crippen LogP contribution in [0.15, 0.2) is 18.3 Å². The van der Waals surface area contributed by atoms with Crippen LogP contribution >= 0.6 is 0 Å².